The van der Waals surface area contributed by atoms with Crippen LogP contribution in [-0.2, 0) is 24.4 Å². The summed E-state index contributed by atoms with van der Waals surface area (Å²) in [6.45, 7) is 4.46. The quantitative estimate of drug-likeness (QED) is 0.199. The second-order valence-corrected chi connectivity index (χ2v) is 17.4. The van der Waals surface area contributed by atoms with Crippen LogP contribution in [0, 0.1) is 5.92 Å². The molecule has 2 N–H and O–H groups in total. The second kappa shape index (κ2) is 14.8. The van der Waals surface area contributed by atoms with E-state index in [-0.39, 0.29) is 36.8 Å². The first kappa shape index (κ1) is 35.8. The van der Waals surface area contributed by atoms with E-state index >= 15 is 0 Å². The minimum atomic E-state index is -3.55. The average molecular weight is 738 g/mol. The summed E-state index contributed by atoms with van der Waals surface area (Å²) in [5, 5.41) is 6.39. The number of pyridine rings is 1. The van der Waals surface area contributed by atoms with Crippen molar-refractivity contribution in [1.29, 1.82) is 0 Å². The van der Waals surface area contributed by atoms with Gasteiger partial charge >= 0.3 is 0 Å². The number of fused-ring (bicyclic) bond motifs is 3. The molecule has 0 radical (unpaired) electrons. The molecule has 51 heavy (non-hydrogen) atoms. The molecule has 2 aliphatic heterocycles. The number of methoxy groups -OCH3 is 1. The fraction of sp³-hybridized carbons (Fsp3) is 0.568. The maximum atomic E-state index is 14.2. The van der Waals surface area contributed by atoms with Crippen LogP contribution in [-0.4, -0.2) is 78.3 Å². The lowest BCUT2D eigenvalue weighted by atomic mass is 10.1. The summed E-state index contributed by atoms with van der Waals surface area (Å²) < 4.78 is 37.1. The van der Waals surface area contributed by atoms with Gasteiger partial charge in [0.25, 0.3) is 0 Å². The highest BCUT2D eigenvalue weighted by Gasteiger charge is 2.56. The van der Waals surface area contributed by atoms with Crippen molar-refractivity contribution >= 4 is 44.1 Å². The number of allylic oxidation sites excluding steroid dienone is 1. The number of thiazole rings is 1. The summed E-state index contributed by atoms with van der Waals surface area (Å²) in [5.41, 5.74) is 1.59. The van der Waals surface area contributed by atoms with E-state index < -0.39 is 33.0 Å². The molecular weight excluding hydrogens is 691 g/mol. The fourth-order valence-corrected chi connectivity index (χ4v) is 9.07. The van der Waals surface area contributed by atoms with Gasteiger partial charge in [-0.15, -0.1) is 11.3 Å². The number of carbonyl (C=O) groups is 2. The zero-order valence-electron chi connectivity index (χ0n) is 29.4. The van der Waals surface area contributed by atoms with Crippen molar-refractivity contribution in [2.45, 2.75) is 107 Å². The van der Waals surface area contributed by atoms with Gasteiger partial charge in [0, 0.05) is 41.7 Å². The van der Waals surface area contributed by atoms with Gasteiger partial charge in [-0.25, -0.2) is 18.4 Å². The number of aromatic nitrogens is 2. The number of hydrogen-bond acceptors (Lipinski definition) is 10. The highest BCUT2D eigenvalue weighted by molar-refractivity contribution is 7.90. The average Bonchev–Trinajstić information content (AvgIpc) is 3.97. The molecule has 2 aliphatic carbocycles. The monoisotopic (exact) mass is 737 g/mol. The molecule has 3 fully saturated rings. The molecule has 7 rings (SSSR count). The van der Waals surface area contributed by atoms with E-state index in [9.17, 15) is 18.0 Å². The Hall–Kier alpha value is -3.59. The maximum Gasteiger partial charge on any atom is 0.243 e. The Morgan fingerprint density at radius 3 is 2.71 bits per heavy atom. The number of nitrogens with zero attached hydrogens (tertiary/aromatic N) is 3. The Kier molecular flexibility index (Phi) is 10.4. The van der Waals surface area contributed by atoms with Crippen LogP contribution in [0.3, 0.4) is 0 Å². The fourth-order valence-electron chi connectivity index (χ4n) is 7.01. The van der Waals surface area contributed by atoms with Crippen LogP contribution in [0.2, 0.25) is 0 Å². The first-order chi connectivity index (χ1) is 24.5. The maximum absolute atomic E-state index is 14.2. The van der Waals surface area contributed by atoms with Crippen molar-refractivity contribution in [2.75, 3.05) is 20.3 Å². The van der Waals surface area contributed by atoms with Gasteiger partial charge in [-0.05, 0) is 56.6 Å². The smallest absolute Gasteiger partial charge is 0.243 e. The number of nitrogens with one attached hydrogen (secondary N) is 2. The molecule has 1 saturated heterocycles. The first-order valence-corrected chi connectivity index (χ1v) is 20.5. The molecule has 14 heteroatoms. The molecule has 0 unspecified atom stereocenters. The first-order valence-electron chi connectivity index (χ1n) is 18.1. The molecule has 3 aromatic rings. The third-order valence-electron chi connectivity index (χ3n) is 10.3. The van der Waals surface area contributed by atoms with Crippen molar-refractivity contribution in [2.24, 2.45) is 5.92 Å². The predicted molar refractivity (Wildman–Crippen MR) is 195 cm³/mol. The zero-order valence-corrected chi connectivity index (χ0v) is 31.1. The van der Waals surface area contributed by atoms with Crippen molar-refractivity contribution < 1.29 is 32.3 Å². The molecule has 4 aliphatic rings. The summed E-state index contributed by atoms with van der Waals surface area (Å²) in [6, 6.07) is 6.78. The van der Waals surface area contributed by atoms with E-state index in [1.807, 2.05) is 29.6 Å². The SMILES string of the molecule is COc1ccc2c(O[C@@H]3C[C@H]4C(=O)N[C@]5(CONS(=O)(=O)C6CC6)C[C@H]5/C=C\CCCCCCC(=O)N4C3)cc(-c3nc(C(C)C)cs3)nc2c1. The minimum Gasteiger partial charge on any atom is -0.497 e. The Balaban J connectivity index is 1.14. The molecule has 0 spiro atoms. The van der Waals surface area contributed by atoms with Crippen molar-refractivity contribution in [3.63, 3.8) is 0 Å². The lowest BCUT2D eigenvalue weighted by molar-refractivity contribution is -0.139. The van der Waals surface area contributed by atoms with Gasteiger partial charge in [-0.1, -0.05) is 43.7 Å². The number of ether oxygens (including phenoxy) is 2. The van der Waals surface area contributed by atoms with Crippen LogP contribution >= 0.6 is 11.3 Å². The standard InChI is InChI=1S/C37H47N5O7S2/c1-23(2)31-21-50-36(39-31)30-18-33(28-15-12-25(47-3)16-29(28)38-30)49-26-17-32-35(44)40-37(22-48-41-51(45,46)27-13-14-27)19-24(37)10-8-6-4-5-7-9-11-34(43)42(32)20-26/h8,10,12,15-16,18,21,23-24,26-27,32,41H,4-7,9,11,13-14,17,19-20,22H2,1-3H3,(H,40,44)/b10-8-/t24-,26-,32+,37+/m1/s1. The van der Waals surface area contributed by atoms with Gasteiger partial charge < -0.3 is 19.7 Å². The van der Waals surface area contributed by atoms with E-state index in [4.69, 9.17) is 24.3 Å². The summed E-state index contributed by atoms with van der Waals surface area (Å²) in [5.74, 6) is 1.18. The molecule has 274 valence electrons. The molecular formula is C37H47N5O7S2. The third-order valence-corrected chi connectivity index (χ3v) is 12.9. The molecule has 2 aromatic heterocycles. The van der Waals surface area contributed by atoms with E-state index in [1.165, 1.54) is 11.3 Å². The van der Waals surface area contributed by atoms with Gasteiger partial charge in [0.05, 0.1) is 42.3 Å². The molecule has 2 amide bonds. The molecule has 1 aromatic carbocycles. The summed E-state index contributed by atoms with van der Waals surface area (Å²) in [4.78, 5) is 47.1. The Labute approximate surface area is 303 Å². The highest BCUT2D eigenvalue weighted by Crippen LogP contribution is 2.46. The number of hydrogen-bond donors (Lipinski definition) is 2. The number of rotatable bonds is 10. The van der Waals surface area contributed by atoms with Crippen molar-refractivity contribution in [3.8, 4) is 22.2 Å². The van der Waals surface area contributed by atoms with Crippen molar-refractivity contribution in [1.82, 2.24) is 25.1 Å². The van der Waals surface area contributed by atoms with Gasteiger partial charge in [-0.3, -0.25) is 14.4 Å². The number of sulfonamides is 1. The molecule has 4 heterocycles. The molecule has 2 saturated carbocycles. The van der Waals surface area contributed by atoms with Gasteiger partial charge in [0.2, 0.25) is 21.8 Å². The van der Waals surface area contributed by atoms with E-state index in [1.54, 1.807) is 12.0 Å². The number of benzene rings is 1. The Bertz CT molecular complexity index is 1910. The lowest BCUT2D eigenvalue weighted by Gasteiger charge is -2.27. The highest BCUT2D eigenvalue weighted by atomic mass is 32.2. The molecule has 4 atom stereocenters. The third kappa shape index (κ3) is 8.08. The normalized spacial score (nSPS) is 26.6. The predicted octanol–water partition coefficient (Wildman–Crippen LogP) is 5.64. The number of amides is 2. The van der Waals surface area contributed by atoms with Gasteiger partial charge in [0.1, 0.15) is 34.3 Å². The van der Waals surface area contributed by atoms with Crippen LogP contribution in [0.25, 0.3) is 21.6 Å². The molecule has 0 bridgehead atoms. The van der Waals surface area contributed by atoms with E-state index in [0.29, 0.717) is 54.8 Å². The summed E-state index contributed by atoms with van der Waals surface area (Å²) in [6.07, 6.45) is 11.0. The Morgan fingerprint density at radius 1 is 1.12 bits per heavy atom. The van der Waals surface area contributed by atoms with E-state index in [2.05, 4.69) is 36.2 Å². The van der Waals surface area contributed by atoms with Gasteiger partial charge in [-0.2, -0.15) is 0 Å². The Morgan fingerprint density at radius 2 is 1.94 bits per heavy atom. The number of carbonyl (C=O) groups excluding carboxylic acids is 2. The lowest BCUT2D eigenvalue weighted by Crippen LogP contribution is -2.52. The second-order valence-electron chi connectivity index (χ2n) is 14.6. The largest absolute Gasteiger partial charge is 0.497 e. The van der Waals surface area contributed by atoms with Crippen molar-refractivity contribution in [3.05, 3.63) is 47.5 Å². The van der Waals surface area contributed by atoms with Gasteiger partial charge in [0.15, 0.2) is 0 Å². The van der Waals surface area contributed by atoms with Crippen LogP contribution in [0.4, 0.5) is 0 Å². The molecule has 12 nitrogen and oxygen atoms in total. The van der Waals surface area contributed by atoms with Crippen LogP contribution in [0.1, 0.15) is 89.7 Å². The van der Waals surface area contributed by atoms with Crippen LogP contribution < -0.4 is 19.7 Å². The topological polar surface area (TPSA) is 149 Å². The van der Waals surface area contributed by atoms with E-state index in [0.717, 1.165) is 48.2 Å². The minimum absolute atomic E-state index is 0.00437. The summed E-state index contributed by atoms with van der Waals surface area (Å²) in [7, 11) is -1.94. The summed E-state index contributed by atoms with van der Waals surface area (Å²) >= 11 is 1.53. The zero-order chi connectivity index (χ0) is 35.8. The van der Waals surface area contributed by atoms with Crippen LogP contribution in [0.5, 0.6) is 11.5 Å². The van der Waals surface area contributed by atoms with Crippen LogP contribution in [0.15, 0.2) is 41.8 Å².